The van der Waals surface area contributed by atoms with Crippen LogP contribution in [0.2, 0.25) is 0 Å². The molecule has 190 valence electrons. The number of fused-ring (bicyclic) bond motifs is 1. The summed E-state index contributed by atoms with van der Waals surface area (Å²) in [6.07, 6.45) is 1.47. The predicted octanol–water partition coefficient (Wildman–Crippen LogP) is 5.06. The second-order valence-corrected chi connectivity index (χ2v) is 10.1. The minimum absolute atomic E-state index is 0.0109. The zero-order valence-corrected chi connectivity index (χ0v) is 21.4. The maximum Gasteiger partial charge on any atom is 0.264 e. The molecule has 9 nitrogen and oxygen atoms in total. The first-order valence-corrected chi connectivity index (χ1v) is 13.1. The number of rotatable bonds is 7. The molecule has 3 aromatic carbocycles. The van der Waals surface area contributed by atoms with Crippen LogP contribution < -0.4 is 14.8 Å². The Hall–Kier alpha value is -4.83. The van der Waals surface area contributed by atoms with Crippen molar-refractivity contribution < 1.29 is 17.9 Å². The van der Waals surface area contributed by atoms with Crippen molar-refractivity contribution in [3.63, 3.8) is 0 Å². The Labute approximate surface area is 219 Å². The lowest BCUT2D eigenvalue weighted by atomic mass is 10.0. The van der Waals surface area contributed by atoms with Crippen molar-refractivity contribution >= 4 is 38.5 Å². The summed E-state index contributed by atoms with van der Waals surface area (Å²) in [7, 11) is -2.30. The van der Waals surface area contributed by atoms with Crippen LogP contribution in [0.5, 0.6) is 5.75 Å². The van der Waals surface area contributed by atoms with Gasteiger partial charge in [0.25, 0.3) is 15.9 Å². The quantitative estimate of drug-likeness (QED) is 0.304. The first-order valence-electron chi connectivity index (χ1n) is 11.6. The fourth-order valence-corrected chi connectivity index (χ4v) is 4.82. The Balaban J connectivity index is 1.40. The van der Waals surface area contributed by atoms with Gasteiger partial charge in [0.2, 0.25) is 5.95 Å². The number of hydrogen-bond donors (Lipinski definition) is 2. The van der Waals surface area contributed by atoms with Crippen LogP contribution in [0.15, 0.2) is 96.0 Å². The molecule has 38 heavy (non-hydrogen) atoms. The van der Waals surface area contributed by atoms with E-state index in [9.17, 15) is 13.2 Å². The molecule has 10 heteroatoms. The minimum atomic E-state index is -3.90. The largest absolute Gasteiger partial charge is 0.497 e. The summed E-state index contributed by atoms with van der Waals surface area (Å²) >= 11 is 0. The molecule has 0 atom stereocenters. The van der Waals surface area contributed by atoms with Crippen LogP contribution in [0.3, 0.4) is 0 Å². The molecular formula is C28H23N5O4S. The molecule has 5 rings (SSSR count). The number of nitrogens with zero attached hydrogens (tertiary/aromatic N) is 3. The van der Waals surface area contributed by atoms with E-state index in [-0.39, 0.29) is 16.8 Å². The fourth-order valence-electron chi connectivity index (χ4n) is 3.87. The van der Waals surface area contributed by atoms with E-state index in [1.54, 1.807) is 26.2 Å². The van der Waals surface area contributed by atoms with Crippen LogP contribution in [0.1, 0.15) is 16.1 Å². The number of sulfonamides is 1. The van der Waals surface area contributed by atoms with Gasteiger partial charge in [0.1, 0.15) is 5.75 Å². The van der Waals surface area contributed by atoms with Crippen molar-refractivity contribution in [1.29, 1.82) is 0 Å². The number of aryl methyl sites for hydroxylation is 1. The number of hydrogen-bond acceptors (Lipinski definition) is 7. The number of ether oxygens (including phenoxy) is 1. The highest BCUT2D eigenvalue weighted by Crippen LogP contribution is 2.27. The Morgan fingerprint density at radius 3 is 2.34 bits per heavy atom. The highest BCUT2D eigenvalue weighted by Gasteiger charge is 2.17. The van der Waals surface area contributed by atoms with E-state index in [0.29, 0.717) is 33.5 Å². The minimum Gasteiger partial charge on any atom is -0.497 e. The highest BCUT2D eigenvalue weighted by molar-refractivity contribution is 7.92. The van der Waals surface area contributed by atoms with Gasteiger partial charge in [0.15, 0.2) is 0 Å². The molecule has 0 aliphatic rings. The normalized spacial score (nSPS) is 11.2. The highest BCUT2D eigenvalue weighted by atomic mass is 32.2. The van der Waals surface area contributed by atoms with Gasteiger partial charge in [0, 0.05) is 28.5 Å². The summed E-state index contributed by atoms with van der Waals surface area (Å²) in [6, 6.07) is 24.1. The summed E-state index contributed by atoms with van der Waals surface area (Å²) in [5.41, 5.74) is 3.67. The van der Waals surface area contributed by atoms with E-state index in [2.05, 4.69) is 20.0 Å². The van der Waals surface area contributed by atoms with Crippen LogP contribution in [0, 0.1) is 6.92 Å². The fraction of sp³-hybridized carbons (Fsp3) is 0.0714. The number of methoxy groups -OCH3 is 1. The van der Waals surface area contributed by atoms with Crippen molar-refractivity contribution in [2.75, 3.05) is 17.1 Å². The predicted molar refractivity (Wildman–Crippen MR) is 146 cm³/mol. The van der Waals surface area contributed by atoms with Crippen LogP contribution in [-0.2, 0) is 10.0 Å². The molecule has 0 saturated carbocycles. The summed E-state index contributed by atoms with van der Waals surface area (Å²) < 4.78 is 33.1. The van der Waals surface area contributed by atoms with E-state index < -0.39 is 10.0 Å². The van der Waals surface area contributed by atoms with Crippen molar-refractivity contribution in [3.05, 3.63) is 102 Å². The molecule has 0 bridgehead atoms. The third kappa shape index (κ3) is 5.30. The summed E-state index contributed by atoms with van der Waals surface area (Å²) in [5.74, 6) is 0.361. The van der Waals surface area contributed by atoms with Crippen LogP contribution in [-0.4, -0.2) is 36.4 Å². The average molecular weight is 526 g/mol. The molecule has 2 N–H and O–H groups in total. The maximum atomic E-state index is 13.4. The van der Waals surface area contributed by atoms with Gasteiger partial charge in [-0.15, -0.1) is 0 Å². The number of nitrogens with one attached hydrogen (secondary N) is 2. The van der Waals surface area contributed by atoms with Crippen molar-refractivity contribution in [2.45, 2.75) is 11.8 Å². The number of amides is 1. The SMILES string of the molecule is COc1ccc(-c2cc(C(=O)Nc3ccc(S(=O)(=O)Nc4nccc(C)n4)cc3)c3ccccc3n2)cc1. The topological polar surface area (TPSA) is 123 Å². The van der Waals surface area contributed by atoms with Gasteiger partial charge >= 0.3 is 0 Å². The lowest BCUT2D eigenvalue weighted by Gasteiger charge is -2.12. The van der Waals surface area contributed by atoms with E-state index in [0.717, 1.165) is 11.3 Å². The number of aromatic nitrogens is 3. The molecule has 5 aromatic rings. The molecule has 0 unspecified atom stereocenters. The van der Waals surface area contributed by atoms with Crippen LogP contribution >= 0.6 is 0 Å². The van der Waals surface area contributed by atoms with Gasteiger partial charge in [-0.1, -0.05) is 18.2 Å². The standard InChI is InChI=1S/C28H23N5O4S/c1-18-15-16-29-28(30-18)33-38(35,36)22-13-9-20(10-14-22)31-27(34)24-17-26(19-7-11-21(37-2)12-8-19)32-25-6-4-3-5-23(24)25/h3-17H,1-2H3,(H,31,34)(H,29,30,33). The monoisotopic (exact) mass is 525 g/mol. The molecule has 2 heterocycles. The molecule has 0 radical (unpaired) electrons. The Bertz CT molecular complexity index is 1740. The van der Waals surface area contributed by atoms with E-state index in [1.807, 2.05) is 48.5 Å². The first-order chi connectivity index (χ1) is 18.3. The third-order valence-electron chi connectivity index (χ3n) is 5.79. The third-order valence-corrected chi connectivity index (χ3v) is 7.13. The van der Waals surface area contributed by atoms with Gasteiger partial charge in [-0.2, -0.15) is 0 Å². The van der Waals surface area contributed by atoms with Gasteiger partial charge in [0.05, 0.1) is 28.8 Å². The smallest absolute Gasteiger partial charge is 0.264 e. The van der Waals surface area contributed by atoms with Gasteiger partial charge in [-0.3, -0.25) is 4.79 Å². The van der Waals surface area contributed by atoms with Crippen LogP contribution in [0.4, 0.5) is 11.6 Å². The molecule has 2 aromatic heterocycles. The summed E-state index contributed by atoms with van der Waals surface area (Å²) in [5, 5.41) is 3.55. The summed E-state index contributed by atoms with van der Waals surface area (Å²) in [6.45, 7) is 1.74. The number of para-hydroxylation sites is 1. The second kappa shape index (κ2) is 10.3. The number of pyridine rings is 1. The number of carbonyl (C=O) groups excluding carboxylic acids is 1. The maximum absolute atomic E-state index is 13.4. The van der Waals surface area contributed by atoms with Gasteiger partial charge in [-0.25, -0.2) is 28.1 Å². The molecule has 0 saturated heterocycles. The van der Waals surface area contributed by atoms with E-state index in [1.165, 1.54) is 30.5 Å². The summed E-state index contributed by atoms with van der Waals surface area (Å²) in [4.78, 5) is 26.1. The van der Waals surface area contributed by atoms with E-state index >= 15 is 0 Å². The molecule has 1 amide bonds. The average Bonchev–Trinajstić information content (AvgIpc) is 2.92. The Kier molecular flexibility index (Phi) is 6.71. The number of carbonyl (C=O) groups is 1. The Morgan fingerprint density at radius 2 is 1.63 bits per heavy atom. The lowest BCUT2D eigenvalue weighted by molar-refractivity contribution is 0.102. The number of anilines is 2. The van der Waals surface area contributed by atoms with Gasteiger partial charge in [-0.05, 0) is 73.7 Å². The van der Waals surface area contributed by atoms with Crippen molar-refractivity contribution in [2.24, 2.45) is 0 Å². The zero-order chi connectivity index (χ0) is 26.7. The van der Waals surface area contributed by atoms with Crippen molar-refractivity contribution in [1.82, 2.24) is 15.0 Å². The molecule has 0 fully saturated rings. The zero-order valence-electron chi connectivity index (χ0n) is 20.5. The van der Waals surface area contributed by atoms with Crippen LogP contribution in [0.25, 0.3) is 22.2 Å². The first kappa shape index (κ1) is 24.8. The molecule has 0 spiro atoms. The van der Waals surface area contributed by atoms with Crippen molar-refractivity contribution in [3.8, 4) is 17.0 Å². The number of benzene rings is 3. The molecule has 0 aliphatic carbocycles. The van der Waals surface area contributed by atoms with E-state index in [4.69, 9.17) is 9.72 Å². The Morgan fingerprint density at radius 1 is 0.895 bits per heavy atom. The second-order valence-electron chi connectivity index (χ2n) is 8.41. The van der Waals surface area contributed by atoms with Gasteiger partial charge < -0.3 is 10.1 Å². The molecule has 0 aliphatic heterocycles. The lowest BCUT2D eigenvalue weighted by Crippen LogP contribution is -2.16. The molecular weight excluding hydrogens is 502 g/mol.